The van der Waals surface area contributed by atoms with Crippen molar-refractivity contribution in [2.75, 3.05) is 19.3 Å². The van der Waals surface area contributed by atoms with E-state index in [1.807, 2.05) is 14.0 Å². The number of halogens is 1. The number of rotatable bonds is 11. The molecule has 0 spiro atoms. The lowest BCUT2D eigenvalue weighted by Crippen LogP contribution is -2.72. The number of aromatic nitrogens is 2. The number of oxime groups is 1. The molecule has 3 amide bonds. The largest absolute Gasteiger partial charge is 0.543 e. The molecular weight excluding hydrogens is 820 g/mol. The van der Waals surface area contributed by atoms with Gasteiger partial charge in [-0.25, -0.2) is 9.78 Å². The highest BCUT2D eigenvalue weighted by Gasteiger charge is 2.57. The van der Waals surface area contributed by atoms with E-state index in [-0.39, 0.29) is 62.7 Å². The molecular formula is C36H39ClN8O11S2. The van der Waals surface area contributed by atoms with Gasteiger partial charge in [0.05, 0.1) is 46.7 Å². The Morgan fingerprint density at radius 2 is 1.86 bits per heavy atom. The number of phenols is 2. The molecule has 7 atom stereocenters. The smallest absolute Gasteiger partial charge is 0.350 e. The lowest BCUT2D eigenvalue weighted by atomic mass is 9.92. The first-order chi connectivity index (χ1) is 27.2. The van der Waals surface area contributed by atoms with Crippen LogP contribution in [0.25, 0.3) is 10.9 Å². The maximum atomic E-state index is 13.7. The number of pyridine rings is 1. The first-order valence-corrected chi connectivity index (χ1v) is 20.3. The van der Waals surface area contributed by atoms with Crippen molar-refractivity contribution < 1.29 is 53.7 Å². The zero-order valence-electron chi connectivity index (χ0n) is 31.4. The first kappa shape index (κ1) is 40.8. The number of nitrogens with two attached hydrogens (primary N) is 1. The fraction of sp³-hybridized carbons (Fsp3) is 0.444. The number of amides is 3. The van der Waals surface area contributed by atoms with Gasteiger partial charge in [0.1, 0.15) is 29.2 Å². The molecule has 22 heteroatoms. The number of carboxylic acid groups (broad SMARTS) is 2. The highest BCUT2D eigenvalue weighted by molar-refractivity contribution is 8.00. The number of phenolic OH excluding ortho intramolecular Hbond substituents is 2. The Balaban J connectivity index is 1.07. The number of carboxylic acids is 2. The van der Waals surface area contributed by atoms with Crippen LogP contribution in [0, 0.1) is 0 Å². The van der Waals surface area contributed by atoms with E-state index in [9.17, 15) is 49.2 Å². The van der Waals surface area contributed by atoms with Crippen molar-refractivity contribution in [2.24, 2.45) is 5.16 Å². The molecule has 3 saturated heterocycles. The van der Waals surface area contributed by atoms with Gasteiger partial charge in [-0.2, -0.15) is 0 Å². The monoisotopic (exact) mass is 858 g/mol. The van der Waals surface area contributed by atoms with E-state index in [1.54, 1.807) is 0 Å². The van der Waals surface area contributed by atoms with Crippen LogP contribution in [0.2, 0.25) is 5.02 Å². The second kappa shape index (κ2) is 14.8. The summed E-state index contributed by atoms with van der Waals surface area (Å²) in [5.74, 6) is -6.34. The van der Waals surface area contributed by atoms with E-state index in [1.165, 1.54) is 37.2 Å². The van der Waals surface area contributed by atoms with Gasteiger partial charge in [-0.1, -0.05) is 16.8 Å². The number of fused-ring (bicyclic) bond motifs is 4. The third-order valence-electron chi connectivity index (χ3n) is 11.5. The Hall–Kier alpha value is -5.38. The van der Waals surface area contributed by atoms with Crippen molar-refractivity contribution in [3.05, 3.63) is 55.4 Å². The molecule has 58 heavy (non-hydrogen) atoms. The Morgan fingerprint density at radius 3 is 2.47 bits per heavy atom. The van der Waals surface area contributed by atoms with Gasteiger partial charge in [-0.15, -0.1) is 23.1 Å². The molecule has 0 aliphatic carbocycles. The maximum Gasteiger partial charge on any atom is 0.350 e. The number of aromatic hydroxyl groups is 2. The Bertz CT molecular complexity index is 2400. The number of likely N-dealkylation sites (N-methyl/N-ethyl adjacent to an activating group) is 1. The molecule has 4 aliphatic heterocycles. The molecule has 1 aromatic carbocycles. The predicted octanol–water partition coefficient (Wildman–Crippen LogP) is 0.578. The number of carbonyl (C=O) groups excluding carboxylic acids is 4. The number of β-lactam (4-membered cyclic amide) rings is 1. The summed E-state index contributed by atoms with van der Waals surface area (Å²) in [4.78, 5) is 91.5. The summed E-state index contributed by atoms with van der Waals surface area (Å²) in [5.41, 5.74) is 2.93. The molecule has 19 nitrogen and oxygen atoms in total. The molecule has 0 radical (unpaired) electrons. The minimum absolute atomic E-state index is 0.0105. The van der Waals surface area contributed by atoms with Gasteiger partial charge in [0.2, 0.25) is 11.0 Å². The van der Waals surface area contributed by atoms with Gasteiger partial charge in [-0.05, 0) is 20.8 Å². The van der Waals surface area contributed by atoms with E-state index in [4.69, 9.17) is 22.2 Å². The van der Waals surface area contributed by atoms with Gasteiger partial charge < -0.3 is 55.9 Å². The van der Waals surface area contributed by atoms with E-state index >= 15 is 0 Å². The molecule has 2 bridgehead atoms. The summed E-state index contributed by atoms with van der Waals surface area (Å²) in [6.45, 7) is 4.56. The predicted molar refractivity (Wildman–Crippen MR) is 209 cm³/mol. The summed E-state index contributed by atoms with van der Waals surface area (Å²) >= 11 is 8.44. The number of thiazole rings is 1. The highest BCUT2D eigenvalue weighted by Crippen LogP contribution is 2.48. The summed E-state index contributed by atoms with van der Waals surface area (Å²) < 4.78 is 0.453. The maximum absolute atomic E-state index is 13.7. The van der Waals surface area contributed by atoms with Gasteiger partial charge in [-0.3, -0.25) is 24.1 Å². The SMILES string of the molecule is C[C@@H]1S[C@@H]2[C@H](NC(=O)/C(=N\OC(C)(C)C(=O)O)c3csc(N)n3)C(=O)N2C(C(=O)[O-])=C1C[N@@+]1(C)[C@@H]2CC[C@H]1CC(NC(=O)c1c[nH]c3cc(O)c(O)c(Cl)c3c1=O)C2. The lowest BCUT2D eigenvalue weighted by Gasteiger charge is -2.54. The van der Waals surface area contributed by atoms with Crippen molar-refractivity contribution in [3.8, 4) is 11.5 Å². The van der Waals surface area contributed by atoms with E-state index in [0.29, 0.717) is 22.9 Å². The van der Waals surface area contributed by atoms with Crippen molar-refractivity contribution in [2.45, 2.75) is 86.8 Å². The number of thioether (sulfide) groups is 1. The Kier molecular flexibility index (Phi) is 10.4. The van der Waals surface area contributed by atoms with Crippen LogP contribution in [-0.2, 0) is 24.0 Å². The third kappa shape index (κ3) is 6.88. The summed E-state index contributed by atoms with van der Waals surface area (Å²) in [6.07, 6.45) is 3.85. The Morgan fingerprint density at radius 1 is 1.19 bits per heavy atom. The van der Waals surface area contributed by atoms with Crippen molar-refractivity contribution in [1.82, 2.24) is 25.5 Å². The number of hydrogen-bond acceptors (Lipinski definition) is 15. The molecule has 308 valence electrons. The van der Waals surface area contributed by atoms with E-state index in [2.05, 4.69) is 25.8 Å². The normalized spacial score (nSPS) is 26.9. The van der Waals surface area contributed by atoms with Crippen LogP contribution in [0.4, 0.5) is 5.13 Å². The molecule has 8 N–H and O–H groups in total. The quantitative estimate of drug-likeness (QED) is 0.0457. The second-order valence-corrected chi connectivity index (χ2v) is 18.2. The fourth-order valence-electron chi connectivity index (χ4n) is 8.29. The van der Waals surface area contributed by atoms with Crippen LogP contribution in [0.15, 0.2) is 38.9 Å². The number of anilines is 1. The first-order valence-electron chi connectivity index (χ1n) is 18.1. The van der Waals surface area contributed by atoms with Gasteiger partial charge in [0, 0.05) is 60.2 Å². The molecule has 3 fully saturated rings. The fourth-order valence-corrected chi connectivity index (χ4v) is 10.6. The molecule has 4 aliphatic rings. The minimum Gasteiger partial charge on any atom is -0.543 e. The molecule has 0 saturated carbocycles. The molecule has 6 heterocycles. The van der Waals surface area contributed by atoms with Crippen LogP contribution in [0.5, 0.6) is 11.5 Å². The summed E-state index contributed by atoms with van der Waals surface area (Å²) in [7, 11) is 2.03. The highest BCUT2D eigenvalue weighted by atomic mass is 35.5. The average molecular weight is 859 g/mol. The van der Waals surface area contributed by atoms with Crippen LogP contribution in [0.1, 0.15) is 62.5 Å². The van der Waals surface area contributed by atoms with Crippen molar-refractivity contribution in [1.29, 1.82) is 0 Å². The van der Waals surface area contributed by atoms with Crippen LogP contribution in [-0.4, -0.2) is 124 Å². The lowest BCUT2D eigenvalue weighted by molar-refractivity contribution is -0.944. The third-order valence-corrected chi connectivity index (χ3v) is 14.0. The van der Waals surface area contributed by atoms with E-state index < -0.39 is 74.6 Å². The molecule has 3 aromatic rings. The standard InChI is InChI=1S/C36H39ClN8O11S2/c1-13-18(11-45(4)15-5-6-16(45)8-14(7-15)40-29(49)17-10-39-19-9-21(46)28(48)23(37)22(19)27(17)47)26(33(52)53)44-31(51)25(32(44)58-13)42-30(50)24(20-12-57-35(38)41-20)43-56-36(2,3)34(54)55/h9-10,12-16,25,32H,5-8,11H2,1-4H3,(H8-,38,39,40,41,42,43,46,47,48,49,50,52,53,54,55)/t13-,14?,15-,16+,25+,32+,45+/m0/s1. The number of aromatic amines is 1. The molecule has 7 rings (SSSR count). The number of aliphatic carboxylic acids is 2. The minimum atomic E-state index is -1.82. The zero-order valence-corrected chi connectivity index (χ0v) is 33.8. The second-order valence-electron chi connectivity index (χ2n) is 15.5. The number of H-pyrrole nitrogens is 1. The van der Waals surface area contributed by atoms with Gasteiger partial charge in [0.25, 0.3) is 17.7 Å². The van der Waals surface area contributed by atoms with Crippen LogP contribution in [0.3, 0.4) is 0 Å². The van der Waals surface area contributed by atoms with Crippen molar-refractivity contribution >= 4 is 86.1 Å². The number of nitrogens with zero attached hydrogens (tertiary/aromatic N) is 4. The topological polar surface area (TPSA) is 290 Å². The summed E-state index contributed by atoms with van der Waals surface area (Å²) in [5, 5.41) is 51.3. The molecule has 1 unspecified atom stereocenters. The number of nitrogen functional groups attached to an aromatic ring is 1. The number of nitrogens with one attached hydrogen (secondary N) is 3. The zero-order chi connectivity index (χ0) is 42.2. The van der Waals surface area contributed by atoms with Gasteiger partial charge in [0.15, 0.2) is 22.3 Å². The Labute approximate surface area is 342 Å². The van der Waals surface area contributed by atoms with Gasteiger partial charge >= 0.3 is 5.97 Å². The van der Waals surface area contributed by atoms with Crippen molar-refractivity contribution in [3.63, 3.8) is 0 Å². The molecule has 2 aromatic heterocycles. The average Bonchev–Trinajstić information content (AvgIpc) is 3.62. The number of piperidine rings is 1. The summed E-state index contributed by atoms with van der Waals surface area (Å²) in [6, 6.07) is -0.375. The number of quaternary nitrogens is 1. The number of hydrogen-bond donors (Lipinski definition) is 7. The van der Waals surface area contributed by atoms with E-state index in [0.717, 1.165) is 35.1 Å². The van der Waals surface area contributed by atoms with Crippen LogP contribution >= 0.6 is 34.7 Å². The number of benzene rings is 1. The van der Waals surface area contributed by atoms with Crippen LogP contribution < -0.4 is 26.9 Å². The number of carbonyl (C=O) groups is 5.